The average Bonchev–Trinajstić information content (AvgIpc) is 2.78. The van der Waals surface area contributed by atoms with Crippen molar-refractivity contribution in [2.75, 3.05) is 19.7 Å². The predicted molar refractivity (Wildman–Crippen MR) is 66.4 cm³/mol. The van der Waals surface area contributed by atoms with Gasteiger partial charge in [0, 0.05) is 24.6 Å². The first kappa shape index (κ1) is 12.5. The molecule has 0 aliphatic carbocycles. The van der Waals surface area contributed by atoms with Gasteiger partial charge >= 0.3 is 5.97 Å². The second-order valence-electron chi connectivity index (χ2n) is 4.50. The lowest BCUT2D eigenvalue weighted by atomic mass is 9.99. The number of hydrogen-bond acceptors (Lipinski definition) is 4. The number of thiophene rings is 1. The lowest BCUT2D eigenvalue weighted by Crippen LogP contribution is -2.36. The van der Waals surface area contributed by atoms with E-state index in [9.17, 15) is 4.79 Å². The third-order valence-electron chi connectivity index (χ3n) is 3.11. The SMILES string of the molecule is O=C(O)c1ccc(CN2CCCC(CO)C2)s1. The second-order valence-corrected chi connectivity index (χ2v) is 5.67. The smallest absolute Gasteiger partial charge is 0.345 e. The van der Waals surface area contributed by atoms with Crippen molar-refractivity contribution in [3.05, 3.63) is 21.9 Å². The van der Waals surface area contributed by atoms with Gasteiger partial charge in [0.25, 0.3) is 0 Å². The molecular weight excluding hydrogens is 238 g/mol. The normalized spacial score (nSPS) is 21.6. The first-order valence-corrected chi connectivity index (χ1v) is 6.66. The fourth-order valence-electron chi connectivity index (χ4n) is 2.24. The molecule has 0 aromatic carbocycles. The van der Waals surface area contributed by atoms with Crippen LogP contribution >= 0.6 is 11.3 Å². The van der Waals surface area contributed by atoms with Crippen molar-refractivity contribution in [2.24, 2.45) is 5.92 Å². The van der Waals surface area contributed by atoms with E-state index in [0.717, 1.165) is 37.4 Å². The number of likely N-dealkylation sites (tertiary alicyclic amines) is 1. The molecule has 0 spiro atoms. The Bertz CT molecular complexity index is 391. The molecule has 1 aromatic rings. The number of carboxylic acid groups (broad SMARTS) is 1. The molecule has 1 aliphatic rings. The van der Waals surface area contributed by atoms with Crippen LogP contribution in [0.5, 0.6) is 0 Å². The zero-order valence-corrected chi connectivity index (χ0v) is 10.4. The Morgan fingerprint density at radius 3 is 3.00 bits per heavy atom. The van der Waals surface area contributed by atoms with E-state index in [-0.39, 0.29) is 6.61 Å². The summed E-state index contributed by atoms with van der Waals surface area (Å²) in [7, 11) is 0. The molecular formula is C12H17NO3S. The van der Waals surface area contributed by atoms with Gasteiger partial charge in [0.15, 0.2) is 0 Å². The lowest BCUT2D eigenvalue weighted by Gasteiger charge is -2.31. The molecule has 1 fully saturated rings. The van der Waals surface area contributed by atoms with Crippen LogP contribution in [0.15, 0.2) is 12.1 Å². The molecule has 17 heavy (non-hydrogen) atoms. The Morgan fingerprint density at radius 1 is 1.53 bits per heavy atom. The third kappa shape index (κ3) is 3.28. The molecule has 0 amide bonds. The number of aliphatic hydroxyl groups is 1. The summed E-state index contributed by atoms with van der Waals surface area (Å²) in [6.45, 7) is 3.00. The highest BCUT2D eigenvalue weighted by Crippen LogP contribution is 2.22. The topological polar surface area (TPSA) is 60.8 Å². The van der Waals surface area contributed by atoms with Crippen molar-refractivity contribution in [2.45, 2.75) is 19.4 Å². The maximum absolute atomic E-state index is 10.8. The van der Waals surface area contributed by atoms with E-state index in [1.807, 2.05) is 6.07 Å². The molecule has 2 rings (SSSR count). The summed E-state index contributed by atoms with van der Waals surface area (Å²) in [5.74, 6) is -0.476. The van der Waals surface area contributed by atoms with Crippen molar-refractivity contribution in [3.63, 3.8) is 0 Å². The summed E-state index contributed by atoms with van der Waals surface area (Å²) in [6, 6.07) is 3.55. The third-order valence-corrected chi connectivity index (χ3v) is 4.17. The Labute approximate surface area is 104 Å². The highest BCUT2D eigenvalue weighted by Gasteiger charge is 2.19. The molecule has 0 radical (unpaired) electrons. The summed E-state index contributed by atoms with van der Waals surface area (Å²) in [5, 5.41) is 18.0. The van der Waals surface area contributed by atoms with Crippen LogP contribution < -0.4 is 0 Å². The van der Waals surface area contributed by atoms with Gasteiger partial charge in [-0.15, -0.1) is 11.3 Å². The van der Waals surface area contributed by atoms with E-state index in [1.54, 1.807) is 6.07 Å². The van der Waals surface area contributed by atoms with E-state index >= 15 is 0 Å². The van der Waals surface area contributed by atoms with Gasteiger partial charge in [-0.1, -0.05) is 0 Å². The van der Waals surface area contributed by atoms with E-state index in [0.29, 0.717) is 10.8 Å². The number of aromatic carboxylic acids is 1. The highest BCUT2D eigenvalue weighted by atomic mass is 32.1. The first-order valence-electron chi connectivity index (χ1n) is 5.84. The number of rotatable bonds is 4. The van der Waals surface area contributed by atoms with Crippen molar-refractivity contribution >= 4 is 17.3 Å². The fraction of sp³-hybridized carbons (Fsp3) is 0.583. The minimum Gasteiger partial charge on any atom is -0.477 e. The molecule has 0 bridgehead atoms. The van der Waals surface area contributed by atoms with Gasteiger partial charge in [-0.25, -0.2) is 4.79 Å². The number of hydrogen-bond donors (Lipinski definition) is 2. The summed E-state index contributed by atoms with van der Waals surface area (Å²) in [6.07, 6.45) is 2.21. The van der Waals surface area contributed by atoms with Gasteiger partial charge in [-0.3, -0.25) is 4.90 Å². The Kier molecular flexibility index (Phi) is 4.15. The molecule has 1 saturated heterocycles. The zero-order valence-electron chi connectivity index (χ0n) is 9.63. The van der Waals surface area contributed by atoms with Crippen LogP contribution in [0.2, 0.25) is 0 Å². The summed E-state index contributed by atoms with van der Waals surface area (Å²) >= 11 is 1.34. The molecule has 94 valence electrons. The average molecular weight is 255 g/mol. The molecule has 2 heterocycles. The molecule has 1 atom stereocenters. The lowest BCUT2D eigenvalue weighted by molar-refractivity contribution is 0.0702. The number of aliphatic hydroxyl groups excluding tert-OH is 1. The molecule has 5 heteroatoms. The Hall–Kier alpha value is -0.910. The van der Waals surface area contributed by atoms with Gasteiger partial charge in [0.2, 0.25) is 0 Å². The predicted octanol–water partition coefficient (Wildman–Crippen LogP) is 1.65. The van der Waals surface area contributed by atoms with E-state index in [2.05, 4.69) is 4.90 Å². The molecule has 1 aromatic heterocycles. The largest absolute Gasteiger partial charge is 0.477 e. The quantitative estimate of drug-likeness (QED) is 0.859. The van der Waals surface area contributed by atoms with Crippen LogP contribution in [0.4, 0.5) is 0 Å². The van der Waals surface area contributed by atoms with Crippen molar-refractivity contribution < 1.29 is 15.0 Å². The summed E-state index contributed by atoms with van der Waals surface area (Å²) in [5.41, 5.74) is 0. The maximum atomic E-state index is 10.8. The standard InChI is InChI=1S/C12H17NO3S/c14-8-9-2-1-5-13(6-9)7-10-3-4-11(17-10)12(15)16/h3-4,9,14H,1-2,5-8H2,(H,15,16). The molecule has 4 nitrogen and oxygen atoms in total. The number of piperidine rings is 1. The van der Waals surface area contributed by atoms with Crippen LogP contribution in [0.25, 0.3) is 0 Å². The molecule has 0 saturated carbocycles. The number of nitrogens with zero attached hydrogens (tertiary/aromatic N) is 1. The zero-order chi connectivity index (χ0) is 12.3. The van der Waals surface area contributed by atoms with Crippen LogP contribution in [0.3, 0.4) is 0 Å². The fourth-order valence-corrected chi connectivity index (χ4v) is 3.13. The Balaban J connectivity index is 1.93. The molecule has 1 aliphatic heterocycles. The minimum absolute atomic E-state index is 0.251. The second kappa shape index (κ2) is 5.62. The molecule has 1 unspecified atom stereocenters. The summed E-state index contributed by atoms with van der Waals surface area (Å²) in [4.78, 5) is 14.5. The van der Waals surface area contributed by atoms with Crippen molar-refractivity contribution in [1.82, 2.24) is 4.90 Å². The van der Waals surface area contributed by atoms with Crippen LogP contribution in [0.1, 0.15) is 27.4 Å². The van der Waals surface area contributed by atoms with Gasteiger partial charge in [-0.05, 0) is 37.4 Å². The van der Waals surface area contributed by atoms with Crippen LogP contribution in [-0.4, -0.2) is 40.8 Å². The minimum atomic E-state index is -0.854. The van der Waals surface area contributed by atoms with Gasteiger partial charge in [-0.2, -0.15) is 0 Å². The van der Waals surface area contributed by atoms with Crippen molar-refractivity contribution in [1.29, 1.82) is 0 Å². The van der Waals surface area contributed by atoms with Gasteiger partial charge in [0.1, 0.15) is 4.88 Å². The van der Waals surface area contributed by atoms with E-state index in [1.165, 1.54) is 11.3 Å². The number of carbonyl (C=O) groups is 1. The Morgan fingerprint density at radius 2 is 2.35 bits per heavy atom. The first-order chi connectivity index (χ1) is 8.19. The van der Waals surface area contributed by atoms with Crippen molar-refractivity contribution in [3.8, 4) is 0 Å². The maximum Gasteiger partial charge on any atom is 0.345 e. The van der Waals surface area contributed by atoms with Crippen LogP contribution in [0, 0.1) is 5.92 Å². The van der Waals surface area contributed by atoms with E-state index in [4.69, 9.17) is 10.2 Å². The van der Waals surface area contributed by atoms with E-state index < -0.39 is 5.97 Å². The summed E-state index contributed by atoms with van der Waals surface area (Å²) < 4.78 is 0. The highest BCUT2D eigenvalue weighted by molar-refractivity contribution is 7.13. The van der Waals surface area contributed by atoms with Gasteiger partial charge < -0.3 is 10.2 Å². The van der Waals surface area contributed by atoms with Gasteiger partial charge in [0.05, 0.1) is 0 Å². The van der Waals surface area contributed by atoms with Crippen LogP contribution in [-0.2, 0) is 6.54 Å². The monoisotopic (exact) mass is 255 g/mol. The molecule has 2 N–H and O–H groups in total. The number of carboxylic acids is 1.